The number of hydrogen-bond donors (Lipinski definition) is 0. The summed E-state index contributed by atoms with van der Waals surface area (Å²) >= 11 is 0. The molecule has 0 radical (unpaired) electrons. The second-order valence-corrected chi connectivity index (χ2v) is 3.73. The number of piperidine rings is 1. The van der Waals surface area contributed by atoms with Crippen LogP contribution in [0.1, 0.15) is 12.8 Å². The first-order valence-corrected chi connectivity index (χ1v) is 4.98. The van der Waals surface area contributed by atoms with Gasteiger partial charge in [-0.05, 0) is 0 Å². The van der Waals surface area contributed by atoms with Gasteiger partial charge >= 0.3 is 6.43 Å². The van der Waals surface area contributed by atoms with Crippen LogP contribution >= 0.6 is 0 Å². The van der Waals surface area contributed by atoms with Gasteiger partial charge in [0.25, 0.3) is 5.91 Å². The van der Waals surface area contributed by atoms with Crippen LogP contribution in [0.2, 0.25) is 0 Å². The molecule has 0 aromatic heterocycles. The lowest BCUT2D eigenvalue weighted by molar-refractivity contribution is -0.190. The van der Waals surface area contributed by atoms with Gasteiger partial charge in [0.2, 0.25) is 0 Å². The average Bonchev–Trinajstić information content (AvgIpc) is 2.67. The highest BCUT2D eigenvalue weighted by atomic mass is 19.3. The number of amides is 1. The first-order chi connectivity index (χ1) is 7.13. The molecule has 2 aliphatic rings. The highest BCUT2D eigenvalue weighted by Crippen LogP contribution is 2.31. The van der Waals surface area contributed by atoms with Gasteiger partial charge in [-0.25, -0.2) is 0 Å². The summed E-state index contributed by atoms with van der Waals surface area (Å²) in [4.78, 5) is 12.2. The van der Waals surface area contributed by atoms with Crippen molar-refractivity contribution in [1.29, 1.82) is 0 Å². The van der Waals surface area contributed by atoms with Gasteiger partial charge in [0.05, 0.1) is 13.2 Å². The summed E-state index contributed by atoms with van der Waals surface area (Å²) in [6.45, 7) is 1.65. The minimum atomic E-state index is -2.91. The molecular formula is C9H13F2NO3. The summed E-state index contributed by atoms with van der Waals surface area (Å²) in [7, 11) is 0. The van der Waals surface area contributed by atoms with Gasteiger partial charge in [-0.2, -0.15) is 8.78 Å². The number of halogens is 2. The third-order valence-corrected chi connectivity index (χ3v) is 2.84. The fraction of sp³-hybridized carbons (Fsp3) is 0.889. The van der Waals surface area contributed by atoms with E-state index in [4.69, 9.17) is 9.47 Å². The molecule has 0 bridgehead atoms. The summed E-state index contributed by atoms with van der Waals surface area (Å²) in [5.41, 5.74) is 0. The minimum Gasteiger partial charge on any atom is -0.347 e. The number of rotatable bonds is 1. The normalized spacial score (nSPS) is 25.1. The zero-order valence-electron chi connectivity index (χ0n) is 8.25. The maximum absolute atomic E-state index is 12.1. The Hall–Kier alpha value is -0.750. The van der Waals surface area contributed by atoms with Gasteiger partial charge in [-0.3, -0.25) is 4.79 Å². The number of likely N-dealkylation sites (tertiary alicyclic amines) is 1. The van der Waals surface area contributed by atoms with E-state index in [-0.39, 0.29) is 13.1 Å². The van der Waals surface area contributed by atoms with Crippen LogP contribution in [0, 0.1) is 0 Å². The standard InChI is InChI=1S/C9H13F2NO3/c10-7(11)8(13)12-3-1-9(2-4-12)14-5-6-15-9/h7H,1-6H2. The molecule has 2 heterocycles. The Morgan fingerprint density at radius 3 is 2.20 bits per heavy atom. The molecule has 6 heteroatoms. The molecule has 0 aromatic rings. The van der Waals surface area contributed by atoms with Crippen molar-refractivity contribution in [2.24, 2.45) is 0 Å². The molecule has 15 heavy (non-hydrogen) atoms. The van der Waals surface area contributed by atoms with Crippen molar-refractivity contribution in [3.8, 4) is 0 Å². The summed E-state index contributed by atoms with van der Waals surface area (Å²) < 4.78 is 35.1. The van der Waals surface area contributed by atoms with Crippen LogP contribution < -0.4 is 0 Å². The molecule has 0 aliphatic carbocycles. The third kappa shape index (κ3) is 2.10. The van der Waals surface area contributed by atoms with E-state index in [1.165, 1.54) is 4.90 Å². The van der Waals surface area contributed by atoms with Gasteiger partial charge < -0.3 is 14.4 Å². The Balaban J connectivity index is 1.89. The summed E-state index contributed by atoms with van der Waals surface area (Å²) in [6.07, 6.45) is -1.96. The lowest BCUT2D eigenvalue weighted by Gasteiger charge is -2.37. The predicted molar refractivity (Wildman–Crippen MR) is 46.5 cm³/mol. The third-order valence-electron chi connectivity index (χ3n) is 2.84. The maximum Gasteiger partial charge on any atom is 0.315 e. The first kappa shape index (κ1) is 10.8. The van der Waals surface area contributed by atoms with Crippen LogP contribution in [0.15, 0.2) is 0 Å². The predicted octanol–water partition coefficient (Wildman–Crippen LogP) is 0.617. The number of ether oxygens (including phenoxy) is 2. The van der Waals surface area contributed by atoms with Crippen LogP contribution in [-0.4, -0.2) is 49.3 Å². The van der Waals surface area contributed by atoms with Crippen molar-refractivity contribution in [2.45, 2.75) is 25.1 Å². The molecule has 4 nitrogen and oxygen atoms in total. The number of hydrogen-bond acceptors (Lipinski definition) is 3. The van der Waals surface area contributed by atoms with Gasteiger partial charge in [-0.1, -0.05) is 0 Å². The number of carbonyl (C=O) groups excluding carboxylic acids is 1. The Kier molecular flexibility index (Phi) is 2.88. The van der Waals surface area contributed by atoms with E-state index in [9.17, 15) is 13.6 Å². The van der Waals surface area contributed by atoms with Crippen molar-refractivity contribution < 1.29 is 23.0 Å². The van der Waals surface area contributed by atoms with Crippen molar-refractivity contribution in [3.05, 3.63) is 0 Å². The Morgan fingerprint density at radius 1 is 1.20 bits per heavy atom. The van der Waals surface area contributed by atoms with Gasteiger partial charge in [-0.15, -0.1) is 0 Å². The monoisotopic (exact) mass is 221 g/mol. The number of nitrogens with zero attached hydrogens (tertiary/aromatic N) is 1. The molecule has 2 rings (SSSR count). The molecule has 86 valence electrons. The molecule has 2 aliphatic heterocycles. The summed E-state index contributed by atoms with van der Waals surface area (Å²) in [5.74, 6) is -1.71. The smallest absolute Gasteiger partial charge is 0.315 e. The quantitative estimate of drug-likeness (QED) is 0.651. The molecule has 2 saturated heterocycles. The van der Waals surface area contributed by atoms with Gasteiger partial charge in [0.15, 0.2) is 5.79 Å². The second kappa shape index (κ2) is 4.02. The Morgan fingerprint density at radius 2 is 1.73 bits per heavy atom. The number of carbonyl (C=O) groups is 1. The van der Waals surface area contributed by atoms with E-state index in [0.717, 1.165) is 0 Å². The van der Waals surface area contributed by atoms with Gasteiger partial charge in [0, 0.05) is 25.9 Å². The highest BCUT2D eigenvalue weighted by molar-refractivity contribution is 5.79. The molecule has 0 N–H and O–H groups in total. The molecule has 0 unspecified atom stereocenters. The molecule has 1 spiro atoms. The topological polar surface area (TPSA) is 38.8 Å². The molecule has 2 fully saturated rings. The SMILES string of the molecule is O=C(C(F)F)N1CCC2(CC1)OCCO2. The van der Waals surface area contributed by atoms with Crippen molar-refractivity contribution in [1.82, 2.24) is 4.90 Å². The zero-order chi connectivity index (χ0) is 10.9. The van der Waals surface area contributed by atoms with Crippen LogP contribution in [0.5, 0.6) is 0 Å². The zero-order valence-corrected chi connectivity index (χ0v) is 8.25. The van der Waals surface area contributed by atoms with E-state index < -0.39 is 18.1 Å². The van der Waals surface area contributed by atoms with Crippen molar-refractivity contribution in [3.63, 3.8) is 0 Å². The molecular weight excluding hydrogens is 208 g/mol. The van der Waals surface area contributed by atoms with E-state index in [1.54, 1.807) is 0 Å². The van der Waals surface area contributed by atoms with E-state index in [1.807, 2.05) is 0 Å². The summed E-state index contributed by atoms with van der Waals surface area (Å²) in [6, 6.07) is 0. The second-order valence-electron chi connectivity index (χ2n) is 3.73. The van der Waals surface area contributed by atoms with Crippen LogP contribution in [0.3, 0.4) is 0 Å². The number of alkyl halides is 2. The lowest BCUT2D eigenvalue weighted by atomic mass is 10.0. The van der Waals surface area contributed by atoms with E-state index in [2.05, 4.69) is 0 Å². The average molecular weight is 221 g/mol. The van der Waals surface area contributed by atoms with Crippen LogP contribution in [-0.2, 0) is 14.3 Å². The van der Waals surface area contributed by atoms with Crippen molar-refractivity contribution in [2.75, 3.05) is 26.3 Å². The lowest BCUT2D eigenvalue weighted by Crippen LogP contribution is -2.48. The first-order valence-electron chi connectivity index (χ1n) is 4.98. The highest BCUT2D eigenvalue weighted by Gasteiger charge is 2.41. The van der Waals surface area contributed by atoms with Crippen LogP contribution in [0.25, 0.3) is 0 Å². The maximum atomic E-state index is 12.1. The summed E-state index contributed by atoms with van der Waals surface area (Å²) in [5, 5.41) is 0. The van der Waals surface area contributed by atoms with Crippen molar-refractivity contribution >= 4 is 5.91 Å². The van der Waals surface area contributed by atoms with E-state index in [0.29, 0.717) is 26.1 Å². The Bertz CT molecular complexity index is 244. The molecule has 0 atom stereocenters. The molecule has 0 saturated carbocycles. The minimum absolute atomic E-state index is 0.281. The molecule has 0 aromatic carbocycles. The molecule has 1 amide bonds. The fourth-order valence-electron chi connectivity index (χ4n) is 1.99. The van der Waals surface area contributed by atoms with Gasteiger partial charge in [0.1, 0.15) is 0 Å². The van der Waals surface area contributed by atoms with E-state index >= 15 is 0 Å². The largest absolute Gasteiger partial charge is 0.347 e. The Labute approximate surface area is 86.1 Å². The van der Waals surface area contributed by atoms with Crippen LogP contribution in [0.4, 0.5) is 8.78 Å². The fourth-order valence-corrected chi connectivity index (χ4v) is 1.99.